The summed E-state index contributed by atoms with van der Waals surface area (Å²) in [5, 5.41) is 5.39. The second-order valence-corrected chi connectivity index (χ2v) is 5.84. The maximum Gasteiger partial charge on any atom is 0.230 e. The zero-order valence-corrected chi connectivity index (χ0v) is 13.5. The summed E-state index contributed by atoms with van der Waals surface area (Å²) in [4.78, 5) is 16.5. The fraction of sp³-hybridized carbons (Fsp3) is 0.111. The Morgan fingerprint density at radius 1 is 1.13 bits per heavy atom. The number of anilines is 1. The van der Waals surface area contributed by atoms with Gasteiger partial charge >= 0.3 is 0 Å². The number of rotatable bonds is 5. The van der Waals surface area contributed by atoms with Gasteiger partial charge in [0.2, 0.25) is 5.91 Å². The number of nitrogens with zero attached hydrogens (tertiary/aromatic N) is 1. The number of thiazole rings is 1. The van der Waals surface area contributed by atoms with E-state index < -0.39 is 0 Å². The molecule has 0 spiro atoms. The van der Waals surface area contributed by atoms with E-state index in [1.807, 2.05) is 60.0 Å². The van der Waals surface area contributed by atoms with Crippen molar-refractivity contribution >= 4 is 22.4 Å². The summed E-state index contributed by atoms with van der Waals surface area (Å²) in [5.41, 5.74) is 2.82. The van der Waals surface area contributed by atoms with Gasteiger partial charge in [-0.05, 0) is 29.8 Å². The number of hydrogen-bond acceptors (Lipinski definition) is 4. The molecule has 0 saturated heterocycles. The summed E-state index contributed by atoms with van der Waals surface area (Å²) in [6.45, 7) is 0. The first-order chi connectivity index (χ1) is 11.2. The van der Waals surface area contributed by atoms with E-state index >= 15 is 0 Å². The number of benzene rings is 2. The molecular weight excluding hydrogens is 308 g/mol. The smallest absolute Gasteiger partial charge is 0.230 e. The molecule has 1 heterocycles. The van der Waals surface area contributed by atoms with Crippen molar-refractivity contribution in [1.82, 2.24) is 4.98 Å². The first-order valence-electron chi connectivity index (χ1n) is 7.18. The highest BCUT2D eigenvalue weighted by Gasteiger charge is 2.09. The van der Waals surface area contributed by atoms with Crippen LogP contribution in [-0.4, -0.2) is 18.0 Å². The summed E-state index contributed by atoms with van der Waals surface area (Å²) in [6, 6.07) is 17.3. The Kier molecular flexibility index (Phi) is 4.68. The number of ether oxygens (including phenoxy) is 1. The number of aromatic nitrogens is 1. The highest BCUT2D eigenvalue weighted by Crippen LogP contribution is 2.26. The molecule has 3 aromatic rings. The predicted molar refractivity (Wildman–Crippen MR) is 92.9 cm³/mol. The molecule has 0 saturated carbocycles. The van der Waals surface area contributed by atoms with Crippen LogP contribution >= 0.6 is 11.3 Å². The highest BCUT2D eigenvalue weighted by molar-refractivity contribution is 7.14. The number of methoxy groups -OCH3 is 1. The van der Waals surface area contributed by atoms with Crippen LogP contribution in [0.25, 0.3) is 11.3 Å². The monoisotopic (exact) mass is 324 g/mol. The molecule has 1 aromatic heterocycles. The normalized spacial score (nSPS) is 10.3. The van der Waals surface area contributed by atoms with E-state index in [4.69, 9.17) is 4.74 Å². The second-order valence-electron chi connectivity index (χ2n) is 4.98. The molecule has 0 bridgehead atoms. The summed E-state index contributed by atoms with van der Waals surface area (Å²) in [7, 11) is 1.64. The summed E-state index contributed by atoms with van der Waals surface area (Å²) in [5.74, 6) is 0.743. The fourth-order valence-corrected chi connectivity index (χ4v) is 2.91. The summed E-state index contributed by atoms with van der Waals surface area (Å²) < 4.78 is 5.14. The van der Waals surface area contributed by atoms with Gasteiger partial charge in [0.25, 0.3) is 0 Å². The van der Waals surface area contributed by atoms with Gasteiger partial charge in [0.1, 0.15) is 5.75 Å². The van der Waals surface area contributed by atoms with Gasteiger partial charge in [-0.3, -0.25) is 4.79 Å². The molecule has 0 aliphatic heterocycles. The van der Waals surface area contributed by atoms with E-state index in [2.05, 4.69) is 10.3 Å². The number of amides is 1. The first kappa shape index (κ1) is 15.2. The molecule has 0 radical (unpaired) electrons. The molecule has 0 fully saturated rings. The van der Waals surface area contributed by atoms with Crippen LogP contribution in [0, 0.1) is 0 Å². The van der Waals surface area contributed by atoms with Crippen LogP contribution in [0.5, 0.6) is 5.75 Å². The average Bonchev–Trinajstić information content (AvgIpc) is 3.04. The maximum absolute atomic E-state index is 12.1. The van der Waals surface area contributed by atoms with Gasteiger partial charge < -0.3 is 10.1 Å². The fourth-order valence-electron chi connectivity index (χ4n) is 2.17. The molecule has 0 aliphatic carbocycles. The molecule has 4 nitrogen and oxygen atoms in total. The number of nitrogens with one attached hydrogen (secondary N) is 1. The summed E-state index contributed by atoms with van der Waals surface area (Å²) >= 11 is 1.42. The minimum absolute atomic E-state index is 0.0631. The van der Waals surface area contributed by atoms with Crippen LogP contribution in [0.2, 0.25) is 0 Å². The lowest BCUT2D eigenvalue weighted by Gasteiger charge is -2.02. The average molecular weight is 324 g/mol. The minimum atomic E-state index is -0.0631. The van der Waals surface area contributed by atoms with E-state index in [0.29, 0.717) is 11.6 Å². The van der Waals surface area contributed by atoms with Crippen molar-refractivity contribution < 1.29 is 9.53 Å². The van der Waals surface area contributed by atoms with Gasteiger partial charge in [-0.1, -0.05) is 30.3 Å². The van der Waals surface area contributed by atoms with E-state index in [1.54, 1.807) is 7.11 Å². The van der Waals surface area contributed by atoms with Gasteiger partial charge in [-0.15, -0.1) is 11.3 Å². The third-order valence-electron chi connectivity index (χ3n) is 3.34. The Balaban J connectivity index is 1.65. The molecule has 23 heavy (non-hydrogen) atoms. The van der Waals surface area contributed by atoms with Crippen LogP contribution in [-0.2, 0) is 11.2 Å². The van der Waals surface area contributed by atoms with Gasteiger partial charge in [0.15, 0.2) is 5.13 Å². The van der Waals surface area contributed by atoms with Crippen LogP contribution < -0.4 is 10.1 Å². The second kappa shape index (κ2) is 7.07. The topological polar surface area (TPSA) is 51.2 Å². The quantitative estimate of drug-likeness (QED) is 0.772. The highest BCUT2D eigenvalue weighted by atomic mass is 32.1. The molecule has 1 N–H and O–H groups in total. The Morgan fingerprint density at radius 2 is 1.87 bits per heavy atom. The van der Waals surface area contributed by atoms with Crippen molar-refractivity contribution in [3.05, 3.63) is 65.5 Å². The van der Waals surface area contributed by atoms with Crippen molar-refractivity contribution in [3.63, 3.8) is 0 Å². The van der Waals surface area contributed by atoms with E-state index in [1.165, 1.54) is 11.3 Å². The van der Waals surface area contributed by atoms with Crippen LogP contribution in [0.4, 0.5) is 5.13 Å². The Morgan fingerprint density at radius 3 is 2.57 bits per heavy atom. The molecule has 0 aliphatic rings. The molecule has 2 aromatic carbocycles. The van der Waals surface area contributed by atoms with Crippen molar-refractivity contribution in [1.29, 1.82) is 0 Å². The maximum atomic E-state index is 12.1. The molecular formula is C18H16N2O2S. The van der Waals surface area contributed by atoms with Gasteiger partial charge in [0, 0.05) is 10.9 Å². The number of hydrogen-bond donors (Lipinski definition) is 1. The van der Waals surface area contributed by atoms with Crippen molar-refractivity contribution in [2.45, 2.75) is 6.42 Å². The minimum Gasteiger partial charge on any atom is -0.497 e. The third-order valence-corrected chi connectivity index (χ3v) is 4.10. The van der Waals surface area contributed by atoms with Gasteiger partial charge in [-0.25, -0.2) is 4.98 Å². The number of carbonyl (C=O) groups is 1. The van der Waals surface area contributed by atoms with Gasteiger partial charge in [0.05, 0.1) is 19.2 Å². The van der Waals surface area contributed by atoms with Crippen LogP contribution in [0.1, 0.15) is 5.56 Å². The third kappa shape index (κ3) is 3.96. The zero-order valence-electron chi connectivity index (χ0n) is 12.7. The van der Waals surface area contributed by atoms with E-state index in [-0.39, 0.29) is 5.91 Å². The number of carbonyl (C=O) groups excluding carboxylic acids is 1. The van der Waals surface area contributed by atoms with E-state index in [9.17, 15) is 4.79 Å². The predicted octanol–water partition coefficient (Wildman–Crippen LogP) is 4.00. The van der Waals surface area contributed by atoms with Crippen LogP contribution in [0.3, 0.4) is 0 Å². The van der Waals surface area contributed by atoms with Crippen molar-refractivity contribution in [2.75, 3.05) is 12.4 Å². The standard InChI is InChI=1S/C18H16N2O2S/c1-22-15-9-7-14(8-10-15)16-12-23-18(19-16)20-17(21)11-13-5-3-2-4-6-13/h2-10,12H,11H2,1H3,(H,19,20,21). The first-order valence-corrected chi connectivity index (χ1v) is 8.06. The van der Waals surface area contributed by atoms with E-state index in [0.717, 1.165) is 22.6 Å². The Hall–Kier alpha value is -2.66. The largest absolute Gasteiger partial charge is 0.497 e. The molecule has 0 atom stereocenters. The molecule has 1 amide bonds. The van der Waals surface area contributed by atoms with Crippen molar-refractivity contribution in [2.24, 2.45) is 0 Å². The Labute approximate surface area is 138 Å². The molecule has 116 valence electrons. The van der Waals surface area contributed by atoms with Crippen LogP contribution in [0.15, 0.2) is 60.0 Å². The lowest BCUT2D eigenvalue weighted by Crippen LogP contribution is -2.14. The lowest BCUT2D eigenvalue weighted by molar-refractivity contribution is -0.115. The lowest BCUT2D eigenvalue weighted by atomic mass is 10.1. The molecule has 5 heteroatoms. The van der Waals surface area contributed by atoms with Crippen molar-refractivity contribution in [3.8, 4) is 17.0 Å². The van der Waals surface area contributed by atoms with Gasteiger partial charge in [-0.2, -0.15) is 0 Å². The SMILES string of the molecule is COc1ccc(-c2csc(NC(=O)Cc3ccccc3)n2)cc1. The molecule has 3 rings (SSSR count). The zero-order chi connectivity index (χ0) is 16.1. The Bertz CT molecular complexity index is 782. The molecule has 0 unspecified atom stereocenters. The summed E-state index contributed by atoms with van der Waals surface area (Å²) in [6.07, 6.45) is 0.346.